The van der Waals surface area contributed by atoms with Crippen LogP contribution in [0.5, 0.6) is 0 Å². The zero-order valence-corrected chi connectivity index (χ0v) is 10.7. The average molecular weight is 253 g/mol. The van der Waals surface area contributed by atoms with Crippen molar-refractivity contribution < 1.29 is 9.90 Å². The number of hydrogen-bond donors (Lipinski definition) is 1. The van der Waals surface area contributed by atoms with Crippen LogP contribution in [-0.2, 0) is 6.54 Å². The number of amides is 1. The van der Waals surface area contributed by atoms with Crippen LogP contribution in [0, 0.1) is 0 Å². The normalized spacial score (nSPS) is 15.5. The summed E-state index contributed by atoms with van der Waals surface area (Å²) in [6, 6.07) is 15.2. The highest BCUT2D eigenvalue weighted by atomic mass is 16.3. The molecule has 2 aromatic carbocycles. The Morgan fingerprint density at radius 1 is 1.11 bits per heavy atom. The average Bonchev–Trinajstić information content (AvgIpc) is 2.77. The minimum absolute atomic E-state index is 0.0420. The molecule has 1 aliphatic rings. The highest BCUT2D eigenvalue weighted by molar-refractivity contribution is 6.09. The van der Waals surface area contributed by atoms with Gasteiger partial charge in [0.05, 0.1) is 12.6 Å². The predicted molar refractivity (Wildman–Crippen MR) is 74.0 cm³/mol. The van der Waals surface area contributed by atoms with Crippen molar-refractivity contribution in [2.24, 2.45) is 0 Å². The molecule has 3 rings (SSSR count). The van der Waals surface area contributed by atoms with Gasteiger partial charge in [0.25, 0.3) is 5.91 Å². The molecule has 0 fully saturated rings. The van der Waals surface area contributed by atoms with Crippen molar-refractivity contribution in [3.8, 4) is 0 Å². The van der Waals surface area contributed by atoms with E-state index in [0.717, 1.165) is 22.4 Å². The van der Waals surface area contributed by atoms with Crippen LogP contribution < -0.4 is 4.90 Å². The fourth-order valence-corrected chi connectivity index (χ4v) is 2.40. The molecule has 3 nitrogen and oxygen atoms in total. The Bertz CT molecular complexity index is 617. The van der Waals surface area contributed by atoms with E-state index in [1.807, 2.05) is 48.5 Å². The number of hydrogen-bond acceptors (Lipinski definition) is 2. The van der Waals surface area contributed by atoms with E-state index in [1.54, 1.807) is 11.8 Å². The third-order valence-corrected chi connectivity index (χ3v) is 3.51. The number of anilines is 1. The van der Waals surface area contributed by atoms with Crippen molar-refractivity contribution >= 4 is 11.6 Å². The highest BCUT2D eigenvalue weighted by Gasteiger charge is 2.27. The van der Waals surface area contributed by atoms with E-state index in [2.05, 4.69) is 0 Å². The minimum atomic E-state index is -0.486. The molecule has 1 atom stereocenters. The summed E-state index contributed by atoms with van der Waals surface area (Å²) >= 11 is 0. The largest absolute Gasteiger partial charge is 0.389 e. The summed E-state index contributed by atoms with van der Waals surface area (Å²) in [5.41, 5.74) is 3.56. The summed E-state index contributed by atoms with van der Waals surface area (Å²) in [4.78, 5) is 14.1. The topological polar surface area (TPSA) is 40.5 Å². The first-order valence-electron chi connectivity index (χ1n) is 6.34. The third-order valence-electron chi connectivity index (χ3n) is 3.51. The second kappa shape index (κ2) is 4.52. The summed E-state index contributed by atoms with van der Waals surface area (Å²) in [5, 5.41) is 9.49. The highest BCUT2D eigenvalue weighted by Crippen LogP contribution is 2.28. The minimum Gasteiger partial charge on any atom is -0.389 e. The maximum atomic E-state index is 12.3. The van der Waals surface area contributed by atoms with Crippen LogP contribution in [0.4, 0.5) is 5.69 Å². The third kappa shape index (κ3) is 2.02. The Kier molecular flexibility index (Phi) is 2.84. The molecule has 0 bridgehead atoms. The van der Waals surface area contributed by atoms with Crippen LogP contribution in [0.25, 0.3) is 0 Å². The number of benzene rings is 2. The fourth-order valence-electron chi connectivity index (χ4n) is 2.40. The van der Waals surface area contributed by atoms with E-state index in [1.165, 1.54) is 0 Å². The van der Waals surface area contributed by atoms with Gasteiger partial charge in [-0.3, -0.25) is 4.79 Å². The lowest BCUT2D eigenvalue weighted by molar-refractivity contribution is 0.0996. The molecule has 1 aliphatic heterocycles. The zero-order chi connectivity index (χ0) is 13.4. The van der Waals surface area contributed by atoms with Crippen LogP contribution in [0.3, 0.4) is 0 Å². The van der Waals surface area contributed by atoms with Crippen LogP contribution in [-0.4, -0.2) is 11.0 Å². The lowest BCUT2D eigenvalue weighted by Crippen LogP contribution is -2.22. The first-order valence-corrected chi connectivity index (χ1v) is 6.34. The molecular weight excluding hydrogens is 238 g/mol. The molecular formula is C16H15NO2. The van der Waals surface area contributed by atoms with Gasteiger partial charge in [-0.2, -0.15) is 0 Å². The molecule has 3 heteroatoms. The molecule has 0 radical (unpaired) electrons. The molecule has 0 spiro atoms. The van der Waals surface area contributed by atoms with Crippen molar-refractivity contribution in [2.45, 2.75) is 19.6 Å². The quantitative estimate of drug-likeness (QED) is 0.894. The maximum absolute atomic E-state index is 12.3. The Balaban J connectivity index is 1.91. The number of nitrogens with zero attached hydrogens (tertiary/aromatic N) is 1. The molecule has 1 unspecified atom stereocenters. The van der Waals surface area contributed by atoms with Gasteiger partial charge in [0.15, 0.2) is 0 Å². The van der Waals surface area contributed by atoms with E-state index in [9.17, 15) is 9.90 Å². The fraction of sp³-hybridized carbons (Fsp3) is 0.188. The van der Waals surface area contributed by atoms with Gasteiger partial charge in [-0.15, -0.1) is 0 Å². The summed E-state index contributed by atoms with van der Waals surface area (Å²) < 4.78 is 0. The molecule has 19 heavy (non-hydrogen) atoms. The Labute approximate surface area is 112 Å². The van der Waals surface area contributed by atoms with Gasteiger partial charge in [-0.1, -0.05) is 30.3 Å². The van der Waals surface area contributed by atoms with Crippen LogP contribution in [0.2, 0.25) is 0 Å². The Morgan fingerprint density at radius 2 is 1.79 bits per heavy atom. The predicted octanol–water partition coefficient (Wildman–Crippen LogP) is 2.90. The monoisotopic (exact) mass is 253 g/mol. The Morgan fingerprint density at radius 3 is 2.42 bits per heavy atom. The van der Waals surface area contributed by atoms with E-state index in [4.69, 9.17) is 0 Å². The molecule has 2 aromatic rings. The van der Waals surface area contributed by atoms with Crippen molar-refractivity contribution in [1.29, 1.82) is 0 Å². The number of aliphatic hydroxyl groups excluding tert-OH is 1. The molecule has 96 valence electrons. The molecule has 0 aromatic heterocycles. The first-order chi connectivity index (χ1) is 9.16. The number of carbonyl (C=O) groups excluding carboxylic acids is 1. The Hall–Kier alpha value is -2.13. The molecule has 1 N–H and O–H groups in total. The van der Waals surface area contributed by atoms with Crippen molar-refractivity contribution in [3.05, 3.63) is 65.2 Å². The van der Waals surface area contributed by atoms with Gasteiger partial charge < -0.3 is 10.0 Å². The van der Waals surface area contributed by atoms with E-state index < -0.39 is 6.10 Å². The summed E-state index contributed by atoms with van der Waals surface area (Å²) in [6.45, 7) is 2.34. The van der Waals surface area contributed by atoms with Crippen molar-refractivity contribution in [3.63, 3.8) is 0 Å². The van der Waals surface area contributed by atoms with Gasteiger partial charge in [0, 0.05) is 11.3 Å². The summed E-state index contributed by atoms with van der Waals surface area (Å²) in [7, 11) is 0. The molecule has 0 saturated carbocycles. The van der Waals surface area contributed by atoms with Gasteiger partial charge >= 0.3 is 0 Å². The molecule has 0 aliphatic carbocycles. The van der Waals surface area contributed by atoms with Crippen LogP contribution >= 0.6 is 0 Å². The van der Waals surface area contributed by atoms with Gasteiger partial charge in [-0.05, 0) is 36.2 Å². The van der Waals surface area contributed by atoms with Crippen LogP contribution in [0.15, 0.2) is 48.5 Å². The number of rotatable bonds is 2. The van der Waals surface area contributed by atoms with Crippen molar-refractivity contribution in [2.75, 3.05) is 4.90 Å². The van der Waals surface area contributed by atoms with E-state index >= 15 is 0 Å². The summed E-state index contributed by atoms with van der Waals surface area (Å²) in [5.74, 6) is 0.0420. The van der Waals surface area contributed by atoms with Gasteiger partial charge in [0.2, 0.25) is 0 Å². The van der Waals surface area contributed by atoms with Gasteiger partial charge in [-0.25, -0.2) is 0 Å². The first kappa shape index (κ1) is 11.9. The number of aliphatic hydroxyl groups is 1. The summed E-state index contributed by atoms with van der Waals surface area (Å²) in [6.07, 6.45) is -0.486. The second-order valence-corrected chi connectivity index (χ2v) is 4.82. The smallest absolute Gasteiger partial charge is 0.258 e. The van der Waals surface area contributed by atoms with E-state index in [0.29, 0.717) is 6.54 Å². The lowest BCUT2D eigenvalue weighted by Gasteiger charge is -2.16. The zero-order valence-electron chi connectivity index (χ0n) is 10.7. The molecule has 0 saturated heterocycles. The number of carbonyl (C=O) groups is 1. The van der Waals surface area contributed by atoms with Crippen molar-refractivity contribution in [1.82, 2.24) is 0 Å². The number of fused-ring (bicyclic) bond motifs is 1. The van der Waals surface area contributed by atoms with E-state index in [-0.39, 0.29) is 5.91 Å². The molecule has 1 amide bonds. The molecule has 1 heterocycles. The maximum Gasteiger partial charge on any atom is 0.258 e. The lowest BCUT2D eigenvalue weighted by atomic mass is 10.1. The standard InChI is InChI=1S/C16H15NO2/c1-11(18)12-6-8-14(9-7-12)17-10-13-4-2-3-5-15(13)16(17)19/h2-9,11,18H,10H2,1H3. The van der Waals surface area contributed by atoms with Gasteiger partial charge in [0.1, 0.15) is 0 Å². The van der Waals surface area contributed by atoms with Crippen LogP contribution in [0.1, 0.15) is 34.5 Å². The SMILES string of the molecule is CC(O)c1ccc(N2Cc3ccccc3C2=O)cc1. The second-order valence-electron chi connectivity index (χ2n) is 4.82.